The number of likely N-dealkylation sites (tertiary alicyclic amines) is 1. The third kappa shape index (κ3) is 2.96. The van der Waals surface area contributed by atoms with E-state index in [0.29, 0.717) is 25.7 Å². The van der Waals surface area contributed by atoms with Crippen LogP contribution in [0, 0.1) is 23.0 Å². The van der Waals surface area contributed by atoms with Crippen molar-refractivity contribution in [3.05, 3.63) is 35.4 Å². The van der Waals surface area contributed by atoms with Crippen LogP contribution in [-0.2, 0) is 16.0 Å². The van der Waals surface area contributed by atoms with Crippen molar-refractivity contribution in [3.8, 4) is 0 Å². The molecule has 2 atom stereocenters. The number of halogens is 2. The molecule has 0 spiro atoms. The minimum atomic E-state index is -0.793. The van der Waals surface area contributed by atoms with Crippen LogP contribution < -0.4 is 0 Å². The van der Waals surface area contributed by atoms with Crippen molar-refractivity contribution in [1.29, 1.82) is 0 Å². The van der Waals surface area contributed by atoms with E-state index >= 15 is 0 Å². The highest BCUT2D eigenvalue weighted by Crippen LogP contribution is 2.42. The average Bonchev–Trinajstić information content (AvgIpc) is 2.97. The Morgan fingerprint density at radius 1 is 1.38 bits per heavy atom. The zero-order valence-electron chi connectivity index (χ0n) is 12.3. The van der Waals surface area contributed by atoms with Crippen LogP contribution in [-0.4, -0.2) is 44.4 Å². The first-order valence-corrected chi connectivity index (χ1v) is 7.45. The molecule has 2 heterocycles. The van der Waals surface area contributed by atoms with E-state index in [1.54, 1.807) is 6.07 Å². The van der Waals surface area contributed by atoms with Gasteiger partial charge in [0.1, 0.15) is 0 Å². The molecule has 1 aromatic carbocycles. The van der Waals surface area contributed by atoms with Gasteiger partial charge in [0, 0.05) is 37.6 Å². The molecular formula is C16H21F2NO2. The maximum atomic E-state index is 13.3. The molecule has 0 amide bonds. The molecule has 3 nitrogen and oxygen atoms in total. The van der Waals surface area contributed by atoms with Crippen LogP contribution in [0.4, 0.5) is 8.78 Å². The summed E-state index contributed by atoms with van der Waals surface area (Å²) in [4.78, 5) is 2.29. The fraction of sp³-hybridized carbons (Fsp3) is 0.625. The summed E-state index contributed by atoms with van der Waals surface area (Å²) in [5.74, 6) is -1.10. The summed E-state index contributed by atoms with van der Waals surface area (Å²) >= 11 is 0. The zero-order valence-corrected chi connectivity index (χ0v) is 12.3. The van der Waals surface area contributed by atoms with Crippen LogP contribution in [0.3, 0.4) is 0 Å². The van der Waals surface area contributed by atoms with Crippen molar-refractivity contribution in [3.63, 3.8) is 0 Å². The minimum Gasteiger partial charge on any atom is -0.381 e. The molecule has 3 rings (SSSR count). The SMILES string of the molecule is CCOC[C@@]12COC[C@@H]1CN(Cc1ccc(F)c(F)c1)C2. The second-order valence-electron chi connectivity index (χ2n) is 6.13. The predicted octanol–water partition coefficient (Wildman–Crippen LogP) is 2.45. The summed E-state index contributed by atoms with van der Waals surface area (Å²) in [6.45, 7) is 7.35. The monoisotopic (exact) mass is 297 g/mol. The fourth-order valence-electron chi connectivity index (χ4n) is 3.47. The molecule has 2 aliphatic heterocycles. The number of hydrogen-bond donors (Lipinski definition) is 0. The number of fused-ring (bicyclic) bond motifs is 1. The van der Waals surface area contributed by atoms with Gasteiger partial charge in [-0.25, -0.2) is 8.78 Å². The lowest BCUT2D eigenvalue weighted by molar-refractivity contribution is 0.0323. The molecule has 0 aliphatic carbocycles. The van der Waals surface area contributed by atoms with Crippen molar-refractivity contribution >= 4 is 0 Å². The molecule has 116 valence electrons. The molecule has 2 aliphatic rings. The van der Waals surface area contributed by atoms with Crippen molar-refractivity contribution in [2.75, 3.05) is 39.5 Å². The Morgan fingerprint density at radius 2 is 2.24 bits per heavy atom. The Balaban J connectivity index is 1.67. The van der Waals surface area contributed by atoms with Gasteiger partial charge in [0.15, 0.2) is 11.6 Å². The van der Waals surface area contributed by atoms with Gasteiger partial charge < -0.3 is 9.47 Å². The summed E-state index contributed by atoms with van der Waals surface area (Å²) in [5.41, 5.74) is 0.871. The second-order valence-corrected chi connectivity index (χ2v) is 6.13. The van der Waals surface area contributed by atoms with Gasteiger partial charge in [0.25, 0.3) is 0 Å². The van der Waals surface area contributed by atoms with Crippen LogP contribution in [0.1, 0.15) is 12.5 Å². The van der Waals surface area contributed by atoms with E-state index in [-0.39, 0.29) is 5.41 Å². The first-order valence-electron chi connectivity index (χ1n) is 7.45. The summed E-state index contributed by atoms with van der Waals surface area (Å²) in [7, 11) is 0. The van der Waals surface area contributed by atoms with Gasteiger partial charge in [-0.1, -0.05) is 6.07 Å². The van der Waals surface area contributed by atoms with Crippen LogP contribution in [0.25, 0.3) is 0 Å². The Morgan fingerprint density at radius 3 is 3.00 bits per heavy atom. The molecule has 2 fully saturated rings. The van der Waals surface area contributed by atoms with Crippen molar-refractivity contribution < 1.29 is 18.3 Å². The lowest BCUT2D eigenvalue weighted by atomic mass is 9.82. The van der Waals surface area contributed by atoms with Crippen molar-refractivity contribution in [1.82, 2.24) is 4.90 Å². The third-order valence-corrected chi connectivity index (χ3v) is 4.58. The first-order chi connectivity index (χ1) is 10.1. The second kappa shape index (κ2) is 5.99. The number of hydrogen-bond acceptors (Lipinski definition) is 3. The van der Waals surface area contributed by atoms with E-state index in [0.717, 1.165) is 31.9 Å². The maximum Gasteiger partial charge on any atom is 0.159 e. The van der Waals surface area contributed by atoms with Gasteiger partial charge in [-0.05, 0) is 24.6 Å². The summed E-state index contributed by atoms with van der Waals surface area (Å²) in [6, 6.07) is 4.13. The Kier molecular flexibility index (Phi) is 4.24. The highest BCUT2D eigenvalue weighted by molar-refractivity contribution is 5.18. The van der Waals surface area contributed by atoms with E-state index in [9.17, 15) is 8.78 Å². The summed E-state index contributed by atoms with van der Waals surface area (Å²) in [6.07, 6.45) is 0. The highest BCUT2D eigenvalue weighted by Gasteiger charge is 2.50. The molecule has 21 heavy (non-hydrogen) atoms. The lowest BCUT2D eigenvalue weighted by Crippen LogP contribution is -2.35. The van der Waals surface area contributed by atoms with Crippen molar-refractivity contribution in [2.45, 2.75) is 13.5 Å². The van der Waals surface area contributed by atoms with Crippen LogP contribution in [0.5, 0.6) is 0 Å². The standard InChI is InChI=1S/C16H21F2NO2/c1-2-20-10-16-9-19(7-13(16)8-21-11-16)6-12-3-4-14(17)15(18)5-12/h3-5,13H,2,6-11H2,1H3/t13-,16-/m0/s1. The van der Waals surface area contributed by atoms with Crippen LogP contribution >= 0.6 is 0 Å². The molecule has 0 bridgehead atoms. The number of rotatable bonds is 5. The van der Waals surface area contributed by atoms with E-state index in [1.165, 1.54) is 12.1 Å². The predicted molar refractivity (Wildman–Crippen MR) is 74.9 cm³/mol. The van der Waals surface area contributed by atoms with E-state index in [2.05, 4.69) is 4.90 Å². The highest BCUT2D eigenvalue weighted by atomic mass is 19.2. The Labute approximate surface area is 123 Å². The lowest BCUT2D eigenvalue weighted by Gasteiger charge is -2.26. The number of nitrogens with zero attached hydrogens (tertiary/aromatic N) is 1. The van der Waals surface area contributed by atoms with Gasteiger partial charge >= 0.3 is 0 Å². The topological polar surface area (TPSA) is 21.7 Å². The number of benzene rings is 1. The summed E-state index contributed by atoms with van der Waals surface area (Å²) in [5, 5.41) is 0. The van der Waals surface area contributed by atoms with Crippen LogP contribution in [0.2, 0.25) is 0 Å². The molecule has 2 saturated heterocycles. The smallest absolute Gasteiger partial charge is 0.159 e. The zero-order chi connectivity index (χ0) is 14.9. The molecule has 5 heteroatoms. The minimum absolute atomic E-state index is 0.0641. The molecule has 0 saturated carbocycles. The number of ether oxygens (including phenoxy) is 2. The molecular weight excluding hydrogens is 276 g/mol. The van der Waals surface area contributed by atoms with Crippen LogP contribution in [0.15, 0.2) is 18.2 Å². The van der Waals surface area contributed by atoms with Gasteiger partial charge in [0.05, 0.1) is 19.8 Å². The Bertz CT molecular complexity index is 511. The van der Waals surface area contributed by atoms with Gasteiger partial charge in [-0.3, -0.25) is 4.90 Å². The molecule has 0 N–H and O–H groups in total. The van der Waals surface area contributed by atoms with Gasteiger partial charge in [0.2, 0.25) is 0 Å². The molecule has 1 aromatic rings. The van der Waals surface area contributed by atoms with Crippen molar-refractivity contribution in [2.24, 2.45) is 11.3 Å². The quantitative estimate of drug-likeness (QED) is 0.833. The van der Waals surface area contributed by atoms with E-state index in [1.807, 2.05) is 6.92 Å². The maximum absolute atomic E-state index is 13.3. The van der Waals surface area contributed by atoms with E-state index in [4.69, 9.17) is 9.47 Å². The Hall–Kier alpha value is -1.04. The largest absolute Gasteiger partial charge is 0.381 e. The average molecular weight is 297 g/mol. The molecule has 0 aromatic heterocycles. The van der Waals surface area contributed by atoms with Gasteiger partial charge in [-0.15, -0.1) is 0 Å². The molecule has 0 unspecified atom stereocenters. The normalized spacial score (nSPS) is 29.0. The molecule has 0 radical (unpaired) electrons. The first kappa shape index (κ1) is 14.9. The third-order valence-electron chi connectivity index (χ3n) is 4.58. The fourth-order valence-corrected chi connectivity index (χ4v) is 3.47. The van der Waals surface area contributed by atoms with E-state index < -0.39 is 11.6 Å². The van der Waals surface area contributed by atoms with Gasteiger partial charge in [-0.2, -0.15) is 0 Å². The summed E-state index contributed by atoms with van der Waals surface area (Å²) < 4.78 is 37.5.